The van der Waals surface area contributed by atoms with Crippen molar-refractivity contribution in [1.82, 2.24) is 4.57 Å². The van der Waals surface area contributed by atoms with Crippen molar-refractivity contribution in [3.63, 3.8) is 0 Å². The zero-order valence-electron chi connectivity index (χ0n) is 28.9. The summed E-state index contributed by atoms with van der Waals surface area (Å²) in [6.07, 6.45) is 2.39. The molecule has 8 aromatic carbocycles. The minimum atomic E-state index is 1.10. The van der Waals surface area contributed by atoms with Crippen LogP contribution in [0.1, 0.15) is 16.7 Å². The molecule has 0 N–H and O–H groups in total. The number of fused-ring (bicyclic) bond motifs is 7. The maximum atomic E-state index is 2.49. The molecule has 2 heterocycles. The Hall–Kier alpha value is -6.68. The van der Waals surface area contributed by atoms with Crippen molar-refractivity contribution in [2.45, 2.75) is 0 Å². The molecule has 250 valence electrons. The van der Waals surface area contributed by atoms with Gasteiger partial charge in [-0.05, 0) is 71.3 Å². The summed E-state index contributed by atoms with van der Waals surface area (Å²) in [5, 5.41) is 4.95. The second kappa shape index (κ2) is 13.1. The molecular formula is C50H34N2S. The van der Waals surface area contributed by atoms with Gasteiger partial charge in [0, 0.05) is 48.9 Å². The fourth-order valence-electron chi connectivity index (χ4n) is 7.92. The highest BCUT2D eigenvalue weighted by molar-refractivity contribution is 7.26. The highest BCUT2D eigenvalue weighted by atomic mass is 32.1. The SMILES string of the molecule is C(=C(/c1ccccc1)c1c(N(c2ccccc2)c2ccccc2)c2c3ccccc3n(-c3ccccc3)c2c2sc3ccccc3c12)/c1ccccc1. The van der Waals surface area contributed by atoms with Crippen molar-refractivity contribution in [3.05, 3.63) is 217 Å². The number of benzene rings is 8. The Kier molecular flexibility index (Phi) is 7.71. The van der Waals surface area contributed by atoms with E-state index in [1.165, 1.54) is 58.7 Å². The van der Waals surface area contributed by atoms with Gasteiger partial charge in [0.25, 0.3) is 0 Å². The smallest absolute Gasteiger partial charge is 0.0741 e. The second-order valence-corrected chi connectivity index (χ2v) is 14.3. The lowest BCUT2D eigenvalue weighted by atomic mass is 9.88. The highest BCUT2D eigenvalue weighted by Gasteiger charge is 2.31. The van der Waals surface area contributed by atoms with Gasteiger partial charge in [-0.25, -0.2) is 0 Å². The molecule has 0 bridgehead atoms. The van der Waals surface area contributed by atoms with Gasteiger partial charge >= 0.3 is 0 Å². The molecule has 53 heavy (non-hydrogen) atoms. The van der Waals surface area contributed by atoms with Crippen molar-refractivity contribution in [2.75, 3.05) is 4.90 Å². The molecule has 10 rings (SSSR count). The highest BCUT2D eigenvalue weighted by Crippen LogP contribution is 2.55. The molecule has 2 nitrogen and oxygen atoms in total. The summed E-state index contributed by atoms with van der Waals surface area (Å²) in [7, 11) is 0. The van der Waals surface area contributed by atoms with Crippen molar-refractivity contribution in [3.8, 4) is 5.69 Å². The molecule has 3 heteroatoms. The molecule has 0 aliphatic heterocycles. The van der Waals surface area contributed by atoms with Gasteiger partial charge in [0.15, 0.2) is 0 Å². The van der Waals surface area contributed by atoms with Gasteiger partial charge in [-0.1, -0.05) is 152 Å². The number of aromatic nitrogens is 1. The van der Waals surface area contributed by atoms with Crippen molar-refractivity contribution < 1.29 is 0 Å². The average molecular weight is 695 g/mol. The molecule has 0 radical (unpaired) electrons. The predicted molar refractivity (Wildman–Crippen MR) is 228 cm³/mol. The van der Waals surface area contributed by atoms with E-state index in [9.17, 15) is 0 Å². The summed E-state index contributed by atoms with van der Waals surface area (Å²) < 4.78 is 5.04. The standard InChI is InChI=1S/C50H34N2S/c1-6-20-35(21-7-1)34-42(36-22-8-2-9-23-36)45-46-41-31-17-19-33-44(41)53-50(46)49-47(40-30-16-18-32-43(40)52(49)39-28-14-5-15-29-39)48(45)51(37-24-10-3-11-25-37)38-26-12-4-13-27-38/h1-34H/b42-34+. The van der Waals surface area contributed by atoms with E-state index in [-0.39, 0.29) is 0 Å². The Morgan fingerprint density at radius 3 is 1.68 bits per heavy atom. The van der Waals surface area contributed by atoms with Gasteiger partial charge in [0.1, 0.15) is 0 Å². The van der Waals surface area contributed by atoms with Crippen molar-refractivity contribution >= 4 is 82.0 Å². The number of thiophene rings is 1. The van der Waals surface area contributed by atoms with Crippen LogP contribution < -0.4 is 4.90 Å². The normalized spacial score (nSPS) is 11.9. The Morgan fingerprint density at radius 2 is 1.02 bits per heavy atom. The van der Waals surface area contributed by atoms with Crippen LogP contribution in [0.15, 0.2) is 200 Å². The molecule has 0 spiro atoms. The van der Waals surface area contributed by atoms with E-state index < -0.39 is 0 Å². The van der Waals surface area contributed by atoms with Crippen LogP contribution >= 0.6 is 11.3 Å². The molecular weight excluding hydrogens is 661 g/mol. The van der Waals surface area contributed by atoms with Gasteiger partial charge in [-0.15, -0.1) is 11.3 Å². The minimum Gasteiger partial charge on any atom is -0.309 e. The topological polar surface area (TPSA) is 8.17 Å². The van der Waals surface area contributed by atoms with Crippen molar-refractivity contribution in [1.29, 1.82) is 0 Å². The molecule has 0 amide bonds. The first-order valence-corrected chi connectivity index (χ1v) is 18.9. The van der Waals surface area contributed by atoms with E-state index in [4.69, 9.17) is 0 Å². The fraction of sp³-hybridized carbons (Fsp3) is 0. The summed E-state index contributed by atoms with van der Waals surface area (Å²) in [5.41, 5.74) is 11.6. The molecule has 0 aliphatic rings. The lowest BCUT2D eigenvalue weighted by molar-refractivity contribution is 1.19. The summed E-state index contributed by atoms with van der Waals surface area (Å²) in [6.45, 7) is 0. The van der Waals surface area contributed by atoms with Crippen LogP contribution in [-0.4, -0.2) is 4.57 Å². The maximum Gasteiger partial charge on any atom is 0.0741 e. The minimum absolute atomic E-state index is 1.10. The molecule has 0 atom stereocenters. The first-order chi connectivity index (χ1) is 26.3. The number of para-hydroxylation sites is 4. The Labute approximate surface area is 312 Å². The number of rotatable bonds is 7. The zero-order valence-corrected chi connectivity index (χ0v) is 29.7. The Balaban J connectivity index is 1.53. The summed E-state index contributed by atoms with van der Waals surface area (Å²) in [4.78, 5) is 2.49. The average Bonchev–Trinajstić information content (AvgIpc) is 3.79. The van der Waals surface area contributed by atoms with Crippen LogP contribution in [0, 0.1) is 0 Å². The number of anilines is 3. The Bertz CT molecular complexity index is 2870. The molecule has 2 aromatic heterocycles. The molecule has 0 aliphatic carbocycles. The molecule has 0 saturated carbocycles. The van der Waals surface area contributed by atoms with Gasteiger partial charge in [-0.3, -0.25) is 0 Å². The van der Waals surface area contributed by atoms with E-state index in [1.54, 1.807) is 0 Å². The van der Waals surface area contributed by atoms with E-state index in [1.807, 2.05) is 11.3 Å². The van der Waals surface area contributed by atoms with Gasteiger partial charge in [0.2, 0.25) is 0 Å². The fourth-order valence-corrected chi connectivity index (χ4v) is 9.18. The Morgan fingerprint density at radius 1 is 0.491 bits per heavy atom. The lowest BCUT2D eigenvalue weighted by Gasteiger charge is -2.30. The van der Waals surface area contributed by atoms with E-state index >= 15 is 0 Å². The van der Waals surface area contributed by atoms with Crippen LogP contribution in [0.5, 0.6) is 0 Å². The largest absolute Gasteiger partial charge is 0.309 e. The van der Waals surface area contributed by atoms with Gasteiger partial charge in [0.05, 0.1) is 21.4 Å². The lowest BCUT2D eigenvalue weighted by Crippen LogP contribution is -2.13. The monoisotopic (exact) mass is 694 g/mol. The molecule has 0 unspecified atom stereocenters. The second-order valence-electron chi connectivity index (χ2n) is 13.3. The molecule has 0 saturated heterocycles. The van der Waals surface area contributed by atoms with Crippen LogP contribution in [0.4, 0.5) is 17.1 Å². The zero-order chi connectivity index (χ0) is 35.1. The third-order valence-corrected chi connectivity index (χ3v) is 11.3. The third kappa shape index (κ3) is 5.25. The quantitative estimate of drug-likeness (QED) is 0.151. The van der Waals surface area contributed by atoms with E-state index in [0.717, 1.165) is 28.3 Å². The number of nitrogens with zero attached hydrogens (tertiary/aromatic N) is 2. The summed E-state index contributed by atoms with van der Waals surface area (Å²) >= 11 is 1.89. The summed E-state index contributed by atoms with van der Waals surface area (Å²) in [5.74, 6) is 0. The van der Waals surface area contributed by atoms with Crippen LogP contribution in [-0.2, 0) is 0 Å². The van der Waals surface area contributed by atoms with Crippen LogP contribution in [0.25, 0.3) is 59.3 Å². The first kappa shape index (κ1) is 31.1. The van der Waals surface area contributed by atoms with Crippen LogP contribution in [0.3, 0.4) is 0 Å². The third-order valence-electron chi connectivity index (χ3n) is 10.1. The van der Waals surface area contributed by atoms with Gasteiger partial charge in [-0.2, -0.15) is 0 Å². The summed E-state index contributed by atoms with van der Waals surface area (Å²) in [6, 6.07) is 72.1. The predicted octanol–water partition coefficient (Wildman–Crippen LogP) is 14.2. The van der Waals surface area contributed by atoms with Gasteiger partial charge < -0.3 is 9.47 Å². The van der Waals surface area contributed by atoms with E-state index in [2.05, 4.69) is 216 Å². The number of hydrogen-bond acceptors (Lipinski definition) is 2. The van der Waals surface area contributed by atoms with Crippen LogP contribution in [0.2, 0.25) is 0 Å². The maximum absolute atomic E-state index is 2.49. The van der Waals surface area contributed by atoms with E-state index in [0.29, 0.717) is 0 Å². The molecule has 0 fully saturated rings. The first-order valence-electron chi connectivity index (χ1n) is 18.0. The number of hydrogen-bond donors (Lipinski definition) is 0. The molecule has 10 aromatic rings. The van der Waals surface area contributed by atoms with Crippen molar-refractivity contribution in [2.24, 2.45) is 0 Å².